The summed E-state index contributed by atoms with van der Waals surface area (Å²) in [4.78, 5) is 3.00. The minimum Gasteiger partial charge on any atom is -0.250 e. The highest BCUT2D eigenvalue weighted by molar-refractivity contribution is 4.55. The molecule has 0 fully saturated rings. The van der Waals surface area contributed by atoms with Crippen LogP contribution in [-0.2, 0) is 6.54 Å². The molecule has 0 bridgehead atoms. The van der Waals surface area contributed by atoms with E-state index in [1.807, 2.05) is 12.5 Å². The molecule has 1 aromatic rings. The van der Waals surface area contributed by atoms with Crippen LogP contribution in [0.4, 0.5) is 0 Å². The lowest BCUT2D eigenvalue weighted by Gasteiger charge is -1.89. The van der Waals surface area contributed by atoms with Gasteiger partial charge in [-0.15, -0.1) is 0 Å². The van der Waals surface area contributed by atoms with Crippen molar-refractivity contribution in [2.24, 2.45) is 0 Å². The number of aromatic amines is 1. The summed E-state index contributed by atoms with van der Waals surface area (Å²) in [6, 6.07) is 0. The Hall–Kier alpha value is -0.790. The summed E-state index contributed by atoms with van der Waals surface area (Å²) in [5, 5.41) is 0. The Balaban J connectivity index is 2.30. The second-order valence-electron chi connectivity index (χ2n) is 2.20. The highest BCUT2D eigenvalue weighted by Gasteiger charge is 1.92. The van der Waals surface area contributed by atoms with Gasteiger partial charge in [0.1, 0.15) is 12.4 Å². The fraction of sp³-hybridized carbons (Fsp3) is 0.571. The van der Waals surface area contributed by atoms with Crippen LogP contribution >= 0.6 is 0 Å². The molecule has 1 rings (SSSR count). The van der Waals surface area contributed by atoms with Crippen LogP contribution in [0, 0.1) is 0 Å². The zero-order chi connectivity index (χ0) is 6.53. The van der Waals surface area contributed by atoms with Gasteiger partial charge in [0.25, 0.3) is 0 Å². The van der Waals surface area contributed by atoms with Gasteiger partial charge >= 0.3 is 0 Å². The van der Waals surface area contributed by atoms with Crippen molar-refractivity contribution in [1.82, 2.24) is 4.98 Å². The van der Waals surface area contributed by atoms with Crippen LogP contribution in [0.3, 0.4) is 0 Å². The number of nitrogens with one attached hydrogen (secondary N) is 1. The first-order valence-corrected chi connectivity index (χ1v) is 3.45. The second-order valence-corrected chi connectivity index (χ2v) is 2.20. The number of nitrogens with zero attached hydrogens (tertiary/aromatic N) is 1. The van der Waals surface area contributed by atoms with E-state index in [1.54, 1.807) is 0 Å². The van der Waals surface area contributed by atoms with Crippen LogP contribution in [0.5, 0.6) is 0 Å². The van der Waals surface area contributed by atoms with Gasteiger partial charge < -0.3 is 0 Å². The third-order valence-corrected chi connectivity index (χ3v) is 1.37. The SMILES string of the molecule is CCCC[n+]1cc[nH]c1. The standard InChI is InChI=1S/C7H12N2/c1-2-3-5-9-6-4-8-7-9/h4,6-7H,2-3,5H2,1H3/p+1. The zero-order valence-electron chi connectivity index (χ0n) is 5.80. The quantitative estimate of drug-likeness (QED) is 0.584. The van der Waals surface area contributed by atoms with E-state index >= 15 is 0 Å². The first-order valence-electron chi connectivity index (χ1n) is 3.45. The Morgan fingerprint density at radius 2 is 2.44 bits per heavy atom. The molecule has 0 atom stereocenters. The van der Waals surface area contributed by atoms with Crippen molar-refractivity contribution >= 4 is 0 Å². The smallest absolute Gasteiger partial charge is 0.241 e. The number of H-pyrrole nitrogens is 1. The summed E-state index contributed by atoms with van der Waals surface area (Å²) >= 11 is 0. The largest absolute Gasteiger partial charge is 0.250 e. The predicted octanol–water partition coefficient (Wildman–Crippen LogP) is 1.10. The van der Waals surface area contributed by atoms with E-state index in [4.69, 9.17) is 0 Å². The molecule has 1 N–H and O–H groups in total. The Bertz CT molecular complexity index is 144. The predicted molar refractivity (Wildman–Crippen MR) is 35.9 cm³/mol. The van der Waals surface area contributed by atoms with Crippen LogP contribution in [0.25, 0.3) is 0 Å². The molecule has 1 heterocycles. The van der Waals surface area contributed by atoms with Crippen LogP contribution in [0.2, 0.25) is 0 Å². The third kappa shape index (κ3) is 1.88. The van der Waals surface area contributed by atoms with E-state index < -0.39 is 0 Å². The van der Waals surface area contributed by atoms with E-state index in [0.29, 0.717) is 0 Å². The lowest BCUT2D eigenvalue weighted by atomic mass is 10.3. The monoisotopic (exact) mass is 125 g/mol. The fourth-order valence-corrected chi connectivity index (χ4v) is 0.800. The van der Waals surface area contributed by atoms with E-state index in [1.165, 1.54) is 12.8 Å². The molecule has 0 saturated carbocycles. The number of imidazole rings is 1. The van der Waals surface area contributed by atoms with Crippen molar-refractivity contribution in [3.8, 4) is 0 Å². The summed E-state index contributed by atoms with van der Waals surface area (Å²) in [6.07, 6.45) is 8.50. The van der Waals surface area contributed by atoms with Gasteiger partial charge in [0.05, 0.1) is 6.54 Å². The molecule has 0 aliphatic carbocycles. The van der Waals surface area contributed by atoms with E-state index in [9.17, 15) is 0 Å². The third-order valence-electron chi connectivity index (χ3n) is 1.37. The molecule has 50 valence electrons. The molecule has 0 unspecified atom stereocenters. The molecule has 2 nitrogen and oxygen atoms in total. The average Bonchev–Trinajstić information content (AvgIpc) is 2.34. The number of unbranched alkanes of at least 4 members (excludes halogenated alkanes) is 1. The van der Waals surface area contributed by atoms with E-state index in [2.05, 4.69) is 22.7 Å². The summed E-state index contributed by atoms with van der Waals surface area (Å²) in [6.45, 7) is 3.34. The summed E-state index contributed by atoms with van der Waals surface area (Å²) in [5.74, 6) is 0. The Morgan fingerprint density at radius 1 is 1.56 bits per heavy atom. The first kappa shape index (κ1) is 6.33. The number of hydrogen-bond acceptors (Lipinski definition) is 0. The normalized spacial score (nSPS) is 9.89. The van der Waals surface area contributed by atoms with Crippen LogP contribution in [0.1, 0.15) is 19.8 Å². The Kier molecular flexibility index (Phi) is 2.31. The Morgan fingerprint density at radius 3 is 3.00 bits per heavy atom. The molecule has 0 aromatic carbocycles. The van der Waals surface area contributed by atoms with Crippen molar-refractivity contribution < 1.29 is 4.57 Å². The zero-order valence-corrected chi connectivity index (χ0v) is 5.80. The van der Waals surface area contributed by atoms with Crippen LogP contribution in [0.15, 0.2) is 18.7 Å². The van der Waals surface area contributed by atoms with Gasteiger partial charge in [-0.3, -0.25) is 4.98 Å². The molecular formula is C7H13N2+. The number of aryl methyl sites for hydroxylation is 1. The van der Waals surface area contributed by atoms with Crippen molar-refractivity contribution in [2.45, 2.75) is 26.3 Å². The van der Waals surface area contributed by atoms with Crippen molar-refractivity contribution in [1.29, 1.82) is 0 Å². The second kappa shape index (κ2) is 3.28. The molecule has 0 spiro atoms. The highest BCUT2D eigenvalue weighted by Crippen LogP contribution is 1.84. The molecule has 0 amide bonds. The summed E-state index contributed by atoms with van der Waals surface area (Å²) in [5.41, 5.74) is 0. The number of hydrogen-bond donors (Lipinski definition) is 1. The lowest BCUT2D eigenvalue weighted by Crippen LogP contribution is -2.29. The number of rotatable bonds is 3. The van der Waals surface area contributed by atoms with Gasteiger partial charge in [0.15, 0.2) is 0 Å². The van der Waals surface area contributed by atoms with E-state index in [0.717, 1.165) is 6.54 Å². The highest BCUT2D eigenvalue weighted by atomic mass is 15.0. The van der Waals surface area contributed by atoms with Crippen molar-refractivity contribution in [2.75, 3.05) is 0 Å². The molecular weight excluding hydrogens is 112 g/mol. The van der Waals surface area contributed by atoms with Gasteiger partial charge in [-0.25, -0.2) is 4.57 Å². The van der Waals surface area contributed by atoms with Crippen molar-refractivity contribution in [3.05, 3.63) is 18.7 Å². The minimum atomic E-state index is 1.14. The molecule has 1 aromatic heterocycles. The average molecular weight is 125 g/mol. The van der Waals surface area contributed by atoms with Gasteiger partial charge in [0, 0.05) is 0 Å². The molecule has 0 aliphatic heterocycles. The molecule has 0 aliphatic rings. The van der Waals surface area contributed by atoms with Crippen LogP contribution in [-0.4, -0.2) is 4.98 Å². The molecule has 9 heavy (non-hydrogen) atoms. The maximum absolute atomic E-state index is 3.00. The van der Waals surface area contributed by atoms with Crippen molar-refractivity contribution in [3.63, 3.8) is 0 Å². The summed E-state index contributed by atoms with van der Waals surface area (Å²) < 4.78 is 2.16. The van der Waals surface area contributed by atoms with Crippen LogP contribution < -0.4 is 4.57 Å². The van der Waals surface area contributed by atoms with E-state index in [-0.39, 0.29) is 0 Å². The molecule has 2 heteroatoms. The topological polar surface area (TPSA) is 19.7 Å². The Labute approximate surface area is 55.5 Å². The maximum atomic E-state index is 3.00. The lowest BCUT2D eigenvalue weighted by molar-refractivity contribution is -0.696. The summed E-state index contributed by atoms with van der Waals surface area (Å²) in [7, 11) is 0. The maximum Gasteiger partial charge on any atom is 0.241 e. The molecule has 0 saturated heterocycles. The van der Waals surface area contributed by atoms with Gasteiger partial charge in [-0.05, 0) is 6.42 Å². The van der Waals surface area contributed by atoms with Gasteiger partial charge in [-0.1, -0.05) is 13.3 Å². The number of aromatic nitrogens is 2. The van der Waals surface area contributed by atoms with Gasteiger partial charge in [0.2, 0.25) is 6.33 Å². The first-order chi connectivity index (χ1) is 4.43. The minimum absolute atomic E-state index is 1.14. The van der Waals surface area contributed by atoms with Gasteiger partial charge in [-0.2, -0.15) is 0 Å². The molecule has 0 radical (unpaired) electrons. The fourth-order valence-electron chi connectivity index (χ4n) is 0.800.